The van der Waals surface area contributed by atoms with Crippen molar-refractivity contribution in [2.24, 2.45) is 5.73 Å². The topological polar surface area (TPSA) is 38.9 Å². The third kappa shape index (κ3) is 2.01. The van der Waals surface area contributed by atoms with E-state index in [4.69, 9.17) is 10.7 Å². The summed E-state index contributed by atoms with van der Waals surface area (Å²) in [5.74, 6) is 0. The maximum absolute atomic E-state index is 5.61. The van der Waals surface area contributed by atoms with Crippen molar-refractivity contribution in [2.45, 2.75) is 25.7 Å². The van der Waals surface area contributed by atoms with E-state index in [1.54, 1.807) is 0 Å². The lowest BCUT2D eigenvalue weighted by molar-refractivity contribution is 0.843. The largest absolute Gasteiger partial charge is 0.330 e. The van der Waals surface area contributed by atoms with Crippen LogP contribution in [0.1, 0.15) is 21.9 Å². The molecule has 0 amide bonds. The third-order valence-electron chi connectivity index (χ3n) is 3.22. The number of nitrogens with zero attached hydrogens (tertiary/aromatic N) is 1. The Bertz CT molecular complexity index is 531. The number of nitrogens with two attached hydrogens (primary N) is 1. The van der Waals surface area contributed by atoms with Crippen LogP contribution in [-0.2, 0) is 19.3 Å². The fourth-order valence-corrected chi connectivity index (χ4v) is 3.56. The molecule has 2 N–H and O–H groups in total. The van der Waals surface area contributed by atoms with Gasteiger partial charge in [-0.2, -0.15) is 0 Å². The molecule has 0 saturated carbocycles. The Kier molecular flexibility index (Phi) is 2.95. The molecule has 0 fully saturated rings. The Morgan fingerprint density at radius 1 is 1.24 bits per heavy atom. The monoisotopic (exact) mass is 244 g/mol. The molecule has 2 aromatic rings. The lowest BCUT2D eigenvalue weighted by atomic mass is 10.0. The van der Waals surface area contributed by atoms with Crippen molar-refractivity contribution < 1.29 is 0 Å². The van der Waals surface area contributed by atoms with E-state index in [0.29, 0.717) is 6.54 Å². The molecule has 88 valence electrons. The molecule has 0 saturated heterocycles. The van der Waals surface area contributed by atoms with E-state index in [-0.39, 0.29) is 0 Å². The molecule has 0 radical (unpaired) electrons. The zero-order valence-electron chi connectivity index (χ0n) is 9.78. The van der Waals surface area contributed by atoms with Crippen LogP contribution in [0.3, 0.4) is 0 Å². The molecule has 1 aliphatic carbocycles. The van der Waals surface area contributed by atoms with Gasteiger partial charge in [-0.3, -0.25) is 0 Å². The van der Waals surface area contributed by atoms with Crippen LogP contribution in [0.4, 0.5) is 0 Å². The van der Waals surface area contributed by atoms with Crippen molar-refractivity contribution >= 4 is 11.3 Å². The van der Waals surface area contributed by atoms with E-state index >= 15 is 0 Å². The minimum absolute atomic E-state index is 0.689. The van der Waals surface area contributed by atoms with Crippen LogP contribution in [0.5, 0.6) is 0 Å². The molecule has 0 atom stereocenters. The molecule has 0 aliphatic heterocycles. The van der Waals surface area contributed by atoms with Crippen LogP contribution in [-0.4, -0.2) is 11.5 Å². The summed E-state index contributed by atoms with van der Waals surface area (Å²) < 4.78 is 0. The number of fused-ring (bicyclic) bond motifs is 3. The van der Waals surface area contributed by atoms with Crippen LogP contribution >= 0.6 is 11.3 Å². The van der Waals surface area contributed by atoms with Crippen LogP contribution < -0.4 is 5.73 Å². The molecule has 0 spiro atoms. The molecule has 0 unspecified atom stereocenters. The van der Waals surface area contributed by atoms with E-state index < -0.39 is 0 Å². The van der Waals surface area contributed by atoms with Gasteiger partial charge in [-0.15, -0.1) is 11.3 Å². The first kappa shape index (κ1) is 10.9. The number of hydrogen-bond acceptors (Lipinski definition) is 3. The number of benzene rings is 1. The van der Waals surface area contributed by atoms with E-state index in [9.17, 15) is 0 Å². The highest BCUT2D eigenvalue weighted by Gasteiger charge is 2.18. The fourth-order valence-electron chi connectivity index (χ4n) is 2.42. The van der Waals surface area contributed by atoms with Crippen molar-refractivity contribution in [3.05, 3.63) is 39.7 Å². The second-order valence-electron chi connectivity index (χ2n) is 4.43. The first-order valence-corrected chi connectivity index (χ1v) is 6.97. The number of hydrogen-bond donors (Lipinski definition) is 1. The van der Waals surface area contributed by atoms with E-state index in [1.807, 2.05) is 11.3 Å². The highest BCUT2D eigenvalue weighted by atomic mass is 32.1. The summed E-state index contributed by atoms with van der Waals surface area (Å²) >= 11 is 1.85. The Morgan fingerprint density at radius 3 is 3.00 bits per heavy atom. The van der Waals surface area contributed by atoms with Crippen LogP contribution in [0.15, 0.2) is 24.3 Å². The summed E-state index contributed by atoms with van der Waals surface area (Å²) in [7, 11) is 0. The molecule has 1 aliphatic rings. The Labute approximate surface area is 106 Å². The number of aryl methyl sites for hydroxylation is 2. The predicted octanol–water partition coefficient (Wildman–Crippen LogP) is 2.80. The standard InChI is InChI=1S/C14H16N2S/c15-9-8-13-16-14-11-6-2-1-4-10(11)5-3-7-12(14)17-13/h1-2,4,6H,3,5,7-9,15H2. The molecule has 1 heterocycles. The maximum Gasteiger partial charge on any atom is 0.0948 e. The summed E-state index contributed by atoms with van der Waals surface area (Å²) in [6.07, 6.45) is 4.46. The van der Waals surface area contributed by atoms with Crippen LogP contribution in [0, 0.1) is 0 Å². The third-order valence-corrected chi connectivity index (χ3v) is 4.40. The van der Waals surface area contributed by atoms with Gasteiger partial charge < -0.3 is 5.73 Å². The quantitative estimate of drug-likeness (QED) is 0.882. The second kappa shape index (κ2) is 4.59. The van der Waals surface area contributed by atoms with Gasteiger partial charge in [0.2, 0.25) is 0 Å². The summed E-state index contributed by atoms with van der Waals surface area (Å²) in [6.45, 7) is 0.689. The van der Waals surface area contributed by atoms with E-state index in [1.165, 1.54) is 39.5 Å². The van der Waals surface area contributed by atoms with Crippen molar-refractivity contribution in [3.63, 3.8) is 0 Å². The van der Waals surface area contributed by atoms with Crippen LogP contribution in [0.2, 0.25) is 0 Å². The van der Waals surface area contributed by atoms with Gasteiger partial charge in [0.05, 0.1) is 10.7 Å². The molecule has 0 bridgehead atoms. The molecule has 1 aromatic carbocycles. The van der Waals surface area contributed by atoms with Gasteiger partial charge in [0.15, 0.2) is 0 Å². The lowest BCUT2D eigenvalue weighted by Gasteiger charge is -2.03. The average Bonchev–Trinajstić information content (AvgIpc) is 2.66. The normalized spacial score (nSPS) is 13.9. The van der Waals surface area contributed by atoms with E-state index in [0.717, 1.165) is 12.8 Å². The molecule has 1 aromatic heterocycles. The second-order valence-corrected chi connectivity index (χ2v) is 5.60. The zero-order valence-corrected chi connectivity index (χ0v) is 10.6. The van der Waals surface area contributed by atoms with Crippen LogP contribution in [0.25, 0.3) is 11.3 Å². The Morgan fingerprint density at radius 2 is 2.12 bits per heavy atom. The summed E-state index contributed by atoms with van der Waals surface area (Å²) in [4.78, 5) is 6.22. The van der Waals surface area contributed by atoms with Crippen molar-refractivity contribution in [1.82, 2.24) is 4.98 Å². The van der Waals surface area contributed by atoms with Gasteiger partial charge in [-0.25, -0.2) is 4.98 Å². The SMILES string of the molecule is NCCc1nc2c(s1)CCCc1ccccc1-2. The minimum Gasteiger partial charge on any atom is -0.330 e. The van der Waals surface area contributed by atoms with Gasteiger partial charge in [-0.1, -0.05) is 24.3 Å². The summed E-state index contributed by atoms with van der Waals surface area (Å²) in [5.41, 5.74) is 9.60. The summed E-state index contributed by atoms with van der Waals surface area (Å²) in [5, 5.41) is 1.19. The first-order valence-electron chi connectivity index (χ1n) is 6.15. The highest BCUT2D eigenvalue weighted by molar-refractivity contribution is 7.12. The Balaban J connectivity index is 2.11. The number of aromatic nitrogens is 1. The smallest absolute Gasteiger partial charge is 0.0948 e. The molecular formula is C14H16N2S. The zero-order chi connectivity index (χ0) is 11.7. The maximum atomic E-state index is 5.61. The van der Waals surface area contributed by atoms with Crippen molar-refractivity contribution in [2.75, 3.05) is 6.54 Å². The van der Waals surface area contributed by atoms with E-state index in [2.05, 4.69) is 24.3 Å². The predicted molar refractivity (Wildman–Crippen MR) is 72.3 cm³/mol. The number of rotatable bonds is 2. The lowest BCUT2D eigenvalue weighted by Crippen LogP contribution is -2.02. The molecule has 17 heavy (non-hydrogen) atoms. The molecule has 3 heteroatoms. The van der Waals surface area contributed by atoms with Crippen molar-refractivity contribution in [3.8, 4) is 11.3 Å². The molecular weight excluding hydrogens is 228 g/mol. The van der Waals surface area contributed by atoms with Gasteiger partial charge in [0, 0.05) is 16.9 Å². The number of thiazole rings is 1. The highest BCUT2D eigenvalue weighted by Crippen LogP contribution is 2.35. The average molecular weight is 244 g/mol. The molecule has 2 nitrogen and oxygen atoms in total. The molecule has 3 rings (SSSR count). The van der Waals surface area contributed by atoms with Gasteiger partial charge >= 0.3 is 0 Å². The van der Waals surface area contributed by atoms with Gasteiger partial charge in [0.1, 0.15) is 0 Å². The first-order chi connectivity index (χ1) is 8.38. The Hall–Kier alpha value is -1.19. The van der Waals surface area contributed by atoms with Gasteiger partial charge in [-0.05, 0) is 31.4 Å². The summed E-state index contributed by atoms with van der Waals surface area (Å²) in [6, 6.07) is 8.66. The fraction of sp³-hybridized carbons (Fsp3) is 0.357. The van der Waals surface area contributed by atoms with Gasteiger partial charge in [0.25, 0.3) is 0 Å². The van der Waals surface area contributed by atoms with Crippen molar-refractivity contribution in [1.29, 1.82) is 0 Å². The minimum atomic E-state index is 0.689.